The van der Waals surface area contributed by atoms with Crippen LogP contribution in [0.5, 0.6) is 5.88 Å². The fourth-order valence-corrected chi connectivity index (χ4v) is 2.75. The van der Waals surface area contributed by atoms with E-state index in [1.165, 1.54) is 0 Å². The van der Waals surface area contributed by atoms with Crippen LogP contribution < -0.4 is 0 Å². The van der Waals surface area contributed by atoms with Gasteiger partial charge in [-0.05, 0) is 12.1 Å². The van der Waals surface area contributed by atoms with Gasteiger partial charge in [0, 0.05) is 16.5 Å². The van der Waals surface area contributed by atoms with E-state index in [2.05, 4.69) is 4.98 Å². The first-order chi connectivity index (χ1) is 9.09. The summed E-state index contributed by atoms with van der Waals surface area (Å²) in [6, 6.07) is 11.0. The molecule has 19 heavy (non-hydrogen) atoms. The Morgan fingerprint density at radius 1 is 0.895 bits per heavy atom. The molecule has 0 unspecified atom stereocenters. The molecule has 0 amide bonds. The first kappa shape index (κ1) is 12.7. The van der Waals surface area contributed by atoms with Crippen molar-refractivity contribution < 1.29 is 5.11 Å². The third-order valence-electron chi connectivity index (χ3n) is 2.99. The summed E-state index contributed by atoms with van der Waals surface area (Å²) < 4.78 is 0. The Labute approximate surface area is 124 Å². The van der Waals surface area contributed by atoms with Gasteiger partial charge in [-0.1, -0.05) is 59.1 Å². The zero-order valence-electron chi connectivity index (χ0n) is 9.55. The lowest BCUT2D eigenvalue weighted by Crippen LogP contribution is -1.81. The minimum absolute atomic E-state index is 0.0569. The Morgan fingerprint density at radius 3 is 2.42 bits per heavy atom. The van der Waals surface area contributed by atoms with Crippen molar-refractivity contribution in [2.24, 2.45) is 0 Å². The number of H-pyrrole nitrogens is 1. The highest BCUT2D eigenvalue weighted by Crippen LogP contribution is 2.44. The van der Waals surface area contributed by atoms with Gasteiger partial charge in [-0.15, -0.1) is 0 Å². The van der Waals surface area contributed by atoms with E-state index in [1.807, 2.05) is 24.3 Å². The molecule has 1 aromatic heterocycles. The predicted molar refractivity (Wildman–Crippen MR) is 80.4 cm³/mol. The number of aromatic hydroxyl groups is 1. The van der Waals surface area contributed by atoms with Crippen LogP contribution in [0.3, 0.4) is 0 Å². The lowest BCUT2D eigenvalue weighted by molar-refractivity contribution is 0.460. The van der Waals surface area contributed by atoms with Crippen molar-refractivity contribution >= 4 is 45.7 Å². The Hall–Kier alpha value is -1.35. The minimum Gasteiger partial charge on any atom is -0.494 e. The van der Waals surface area contributed by atoms with Crippen LogP contribution >= 0.6 is 34.8 Å². The molecule has 0 aliphatic rings. The van der Waals surface area contributed by atoms with E-state index in [0.717, 1.165) is 10.9 Å². The van der Waals surface area contributed by atoms with E-state index in [9.17, 15) is 5.11 Å². The molecule has 3 aromatic rings. The second kappa shape index (κ2) is 4.64. The van der Waals surface area contributed by atoms with E-state index in [0.29, 0.717) is 21.2 Å². The summed E-state index contributed by atoms with van der Waals surface area (Å²) in [6.07, 6.45) is 0. The van der Waals surface area contributed by atoms with Gasteiger partial charge in [-0.3, -0.25) is 0 Å². The van der Waals surface area contributed by atoms with Crippen molar-refractivity contribution in [3.05, 3.63) is 51.5 Å². The molecule has 0 bridgehead atoms. The predicted octanol–water partition coefficient (Wildman–Crippen LogP) is 5.50. The summed E-state index contributed by atoms with van der Waals surface area (Å²) in [7, 11) is 0. The first-order valence-corrected chi connectivity index (χ1v) is 6.66. The summed E-state index contributed by atoms with van der Waals surface area (Å²) in [4.78, 5) is 2.91. The van der Waals surface area contributed by atoms with E-state index in [4.69, 9.17) is 34.8 Å². The van der Waals surface area contributed by atoms with Crippen LogP contribution in [0.25, 0.3) is 22.0 Å². The van der Waals surface area contributed by atoms with Crippen LogP contribution in [-0.4, -0.2) is 10.1 Å². The normalized spacial score (nSPS) is 11.1. The fraction of sp³-hybridized carbons (Fsp3) is 0. The molecule has 2 aromatic carbocycles. The maximum absolute atomic E-state index is 10.1. The number of nitrogens with one attached hydrogen (secondary N) is 1. The van der Waals surface area contributed by atoms with Crippen LogP contribution in [-0.2, 0) is 0 Å². The lowest BCUT2D eigenvalue weighted by Gasteiger charge is -2.07. The second-order valence-corrected chi connectivity index (χ2v) is 5.28. The summed E-state index contributed by atoms with van der Waals surface area (Å²) in [5.74, 6) is 0.0569. The SMILES string of the molecule is Oc1[nH]c2ccccc2c1-c1ccc(Cl)c(Cl)c1Cl. The van der Waals surface area contributed by atoms with Gasteiger partial charge < -0.3 is 10.1 Å². The van der Waals surface area contributed by atoms with Gasteiger partial charge in [0.05, 0.1) is 20.6 Å². The van der Waals surface area contributed by atoms with Gasteiger partial charge >= 0.3 is 0 Å². The minimum atomic E-state index is 0.0569. The van der Waals surface area contributed by atoms with Crippen LogP contribution in [0.4, 0.5) is 0 Å². The summed E-state index contributed by atoms with van der Waals surface area (Å²) in [5.41, 5.74) is 2.10. The summed E-state index contributed by atoms with van der Waals surface area (Å²) >= 11 is 18.2. The zero-order chi connectivity index (χ0) is 13.6. The average molecular weight is 313 g/mol. The molecule has 5 heteroatoms. The Kier molecular flexibility index (Phi) is 3.09. The summed E-state index contributed by atoms with van der Waals surface area (Å²) in [5, 5.41) is 12.0. The quantitative estimate of drug-likeness (QED) is 0.572. The third-order valence-corrected chi connectivity index (χ3v) is 4.28. The smallest absolute Gasteiger partial charge is 0.197 e. The average Bonchev–Trinajstić information content (AvgIpc) is 2.73. The molecule has 96 valence electrons. The number of halogens is 3. The molecular weight excluding hydrogens is 305 g/mol. The number of hydrogen-bond acceptors (Lipinski definition) is 1. The molecule has 0 aliphatic heterocycles. The van der Waals surface area contributed by atoms with Crippen molar-refractivity contribution in [2.75, 3.05) is 0 Å². The largest absolute Gasteiger partial charge is 0.494 e. The number of fused-ring (bicyclic) bond motifs is 1. The van der Waals surface area contributed by atoms with Crippen LogP contribution in [0.2, 0.25) is 15.1 Å². The second-order valence-electron chi connectivity index (χ2n) is 4.12. The highest BCUT2D eigenvalue weighted by Gasteiger charge is 2.17. The van der Waals surface area contributed by atoms with Crippen LogP contribution in [0.15, 0.2) is 36.4 Å². The molecule has 0 atom stereocenters. The number of hydrogen-bond donors (Lipinski definition) is 2. The van der Waals surface area contributed by atoms with Crippen molar-refractivity contribution in [1.29, 1.82) is 0 Å². The standard InChI is InChI=1S/C14H8Cl3NO/c15-9-6-5-8(12(16)13(9)17)11-7-3-1-2-4-10(7)18-14(11)19/h1-6,18-19H. The molecule has 0 spiro atoms. The Morgan fingerprint density at radius 2 is 1.63 bits per heavy atom. The molecule has 3 rings (SSSR count). The van der Waals surface area contributed by atoms with Crippen molar-refractivity contribution in [3.63, 3.8) is 0 Å². The fourth-order valence-electron chi connectivity index (χ4n) is 2.12. The molecule has 2 nitrogen and oxygen atoms in total. The number of para-hydroxylation sites is 1. The van der Waals surface area contributed by atoms with Gasteiger partial charge in [-0.2, -0.15) is 0 Å². The third kappa shape index (κ3) is 1.96. The first-order valence-electron chi connectivity index (χ1n) is 5.53. The zero-order valence-corrected chi connectivity index (χ0v) is 11.8. The number of benzene rings is 2. The monoisotopic (exact) mass is 311 g/mol. The summed E-state index contributed by atoms with van der Waals surface area (Å²) in [6.45, 7) is 0. The molecule has 0 aliphatic carbocycles. The molecule has 1 heterocycles. The van der Waals surface area contributed by atoms with E-state index < -0.39 is 0 Å². The van der Waals surface area contributed by atoms with Gasteiger partial charge in [0.25, 0.3) is 0 Å². The molecular formula is C14H8Cl3NO. The van der Waals surface area contributed by atoms with Crippen LogP contribution in [0, 0.1) is 0 Å². The molecule has 0 radical (unpaired) electrons. The molecule has 0 saturated heterocycles. The molecule has 2 N–H and O–H groups in total. The maximum Gasteiger partial charge on any atom is 0.197 e. The van der Waals surface area contributed by atoms with E-state index in [-0.39, 0.29) is 10.9 Å². The Balaban J connectivity index is 2.37. The topological polar surface area (TPSA) is 36.0 Å². The van der Waals surface area contributed by atoms with Crippen molar-refractivity contribution in [3.8, 4) is 17.0 Å². The maximum atomic E-state index is 10.1. The van der Waals surface area contributed by atoms with Crippen molar-refractivity contribution in [1.82, 2.24) is 4.98 Å². The van der Waals surface area contributed by atoms with Crippen molar-refractivity contribution in [2.45, 2.75) is 0 Å². The highest BCUT2D eigenvalue weighted by molar-refractivity contribution is 6.49. The van der Waals surface area contributed by atoms with Gasteiger partial charge in [0.15, 0.2) is 5.88 Å². The molecule has 0 saturated carbocycles. The number of aromatic amines is 1. The van der Waals surface area contributed by atoms with Crippen LogP contribution in [0.1, 0.15) is 0 Å². The number of rotatable bonds is 1. The molecule has 0 fully saturated rings. The Bertz CT molecular complexity index is 780. The van der Waals surface area contributed by atoms with Gasteiger partial charge in [0.1, 0.15) is 0 Å². The van der Waals surface area contributed by atoms with E-state index in [1.54, 1.807) is 12.1 Å². The van der Waals surface area contributed by atoms with Gasteiger partial charge in [0.2, 0.25) is 0 Å². The van der Waals surface area contributed by atoms with E-state index >= 15 is 0 Å². The number of aromatic nitrogens is 1. The van der Waals surface area contributed by atoms with Gasteiger partial charge in [-0.25, -0.2) is 0 Å². The highest BCUT2D eigenvalue weighted by atomic mass is 35.5. The lowest BCUT2D eigenvalue weighted by atomic mass is 10.0.